The Labute approximate surface area is 85.1 Å². The molecule has 14 heavy (non-hydrogen) atoms. The van der Waals surface area contributed by atoms with Crippen molar-refractivity contribution in [2.24, 2.45) is 0 Å². The molecule has 0 unspecified atom stereocenters. The molecule has 2 heterocycles. The molecular formula is C11H17N3. The van der Waals surface area contributed by atoms with E-state index >= 15 is 0 Å². The van der Waals surface area contributed by atoms with Gasteiger partial charge in [0.25, 0.3) is 0 Å². The smallest absolute Gasteiger partial charge is 0.0544 e. The van der Waals surface area contributed by atoms with Gasteiger partial charge in [-0.3, -0.25) is 9.88 Å². The van der Waals surface area contributed by atoms with Crippen molar-refractivity contribution >= 4 is 0 Å². The normalized spacial score (nSPS) is 17.0. The number of pyridine rings is 1. The molecule has 76 valence electrons. The number of nitrogens with one attached hydrogen (secondary N) is 1. The third-order valence-electron chi connectivity index (χ3n) is 2.77. The summed E-state index contributed by atoms with van der Waals surface area (Å²) in [7, 11) is 0. The summed E-state index contributed by atoms with van der Waals surface area (Å²) in [5.74, 6) is 0. The number of nitrogens with zero attached hydrogens (tertiary/aromatic N) is 2. The second-order valence-corrected chi connectivity index (χ2v) is 3.70. The fraction of sp³-hybridized carbons (Fsp3) is 0.545. The van der Waals surface area contributed by atoms with Gasteiger partial charge in [-0.1, -0.05) is 13.0 Å². The molecule has 0 spiro atoms. The Hall–Kier alpha value is -0.930. The van der Waals surface area contributed by atoms with Gasteiger partial charge in [-0.15, -0.1) is 0 Å². The van der Waals surface area contributed by atoms with Crippen molar-refractivity contribution in [3.63, 3.8) is 0 Å². The molecule has 1 aliphatic rings. The molecule has 1 aromatic rings. The highest BCUT2D eigenvalue weighted by atomic mass is 15.2. The third kappa shape index (κ3) is 2.11. The van der Waals surface area contributed by atoms with Crippen LogP contribution in [0.2, 0.25) is 0 Å². The maximum absolute atomic E-state index is 4.35. The van der Waals surface area contributed by atoms with Crippen LogP contribution in [0.25, 0.3) is 0 Å². The average molecular weight is 191 g/mol. The van der Waals surface area contributed by atoms with E-state index in [-0.39, 0.29) is 0 Å². The highest BCUT2D eigenvalue weighted by molar-refractivity contribution is 5.04. The molecule has 3 nitrogen and oxygen atoms in total. The van der Waals surface area contributed by atoms with Crippen LogP contribution in [-0.4, -0.2) is 35.6 Å². The van der Waals surface area contributed by atoms with Crippen LogP contribution in [0.1, 0.15) is 12.6 Å². The minimum Gasteiger partial charge on any atom is -0.314 e. The number of likely N-dealkylation sites (N-methyl/N-ethyl adjacent to an activating group) is 1. The van der Waals surface area contributed by atoms with E-state index in [1.54, 1.807) is 0 Å². The van der Waals surface area contributed by atoms with Crippen molar-refractivity contribution in [1.82, 2.24) is 15.2 Å². The van der Waals surface area contributed by atoms with Gasteiger partial charge in [-0.05, 0) is 18.7 Å². The standard InChI is InChI=1S/C11H17N3/c1-2-14(11-7-12-8-11)9-10-5-3-4-6-13-10/h3-6,11-12H,2,7-9H2,1H3. The van der Waals surface area contributed by atoms with Crippen LogP contribution >= 0.6 is 0 Å². The molecule has 1 fully saturated rings. The number of aromatic nitrogens is 1. The van der Waals surface area contributed by atoms with Gasteiger partial charge in [0.2, 0.25) is 0 Å². The minimum absolute atomic E-state index is 0.710. The van der Waals surface area contributed by atoms with E-state index in [0.717, 1.165) is 26.2 Å². The SMILES string of the molecule is CCN(Cc1ccccn1)C1CNC1. The van der Waals surface area contributed by atoms with E-state index in [0.29, 0.717) is 6.04 Å². The summed E-state index contributed by atoms with van der Waals surface area (Å²) >= 11 is 0. The molecule has 0 aromatic carbocycles. The molecule has 3 heteroatoms. The Morgan fingerprint density at radius 2 is 2.36 bits per heavy atom. The molecule has 0 saturated carbocycles. The fourth-order valence-corrected chi connectivity index (χ4v) is 1.73. The first-order valence-electron chi connectivity index (χ1n) is 5.25. The molecule has 1 saturated heterocycles. The van der Waals surface area contributed by atoms with E-state index < -0.39 is 0 Å². The number of hydrogen-bond donors (Lipinski definition) is 1. The van der Waals surface area contributed by atoms with Crippen molar-refractivity contribution in [1.29, 1.82) is 0 Å². The van der Waals surface area contributed by atoms with E-state index in [4.69, 9.17) is 0 Å². The van der Waals surface area contributed by atoms with Crippen molar-refractivity contribution in [2.45, 2.75) is 19.5 Å². The minimum atomic E-state index is 0.710. The van der Waals surface area contributed by atoms with Crippen molar-refractivity contribution < 1.29 is 0 Å². The molecule has 1 N–H and O–H groups in total. The molecule has 1 aromatic heterocycles. The van der Waals surface area contributed by atoms with E-state index in [1.807, 2.05) is 12.3 Å². The Kier molecular flexibility index (Phi) is 3.11. The van der Waals surface area contributed by atoms with Gasteiger partial charge < -0.3 is 5.32 Å². The topological polar surface area (TPSA) is 28.2 Å². The van der Waals surface area contributed by atoms with E-state index in [1.165, 1.54) is 5.69 Å². The molecular weight excluding hydrogens is 174 g/mol. The highest BCUT2D eigenvalue weighted by Crippen LogP contribution is 2.08. The first-order chi connectivity index (χ1) is 6.90. The van der Waals surface area contributed by atoms with Gasteiger partial charge in [0.05, 0.1) is 5.69 Å². The molecule has 1 aliphatic heterocycles. The monoisotopic (exact) mass is 191 g/mol. The van der Waals surface area contributed by atoms with Crippen molar-refractivity contribution in [2.75, 3.05) is 19.6 Å². The Bertz CT molecular complexity index is 269. The fourth-order valence-electron chi connectivity index (χ4n) is 1.73. The maximum atomic E-state index is 4.35. The second kappa shape index (κ2) is 4.53. The van der Waals surface area contributed by atoms with Gasteiger partial charge in [-0.25, -0.2) is 0 Å². The van der Waals surface area contributed by atoms with Crippen LogP contribution in [0.5, 0.6) is 0 Å². The first kappa shape index (κ1) is 9.62. The molecule has 0 bridgehead atoms. The number of hydrogen-bond acceptors (Lipinski definition) is 3. The van der Waals surface area contributed by atoms with Crippen LogP contribution in [-0.2, 0) is 6.54 Å². The summed E-state index contributed by atoms with van der Waals surface area (Å²) in [4.78, 5) is 6.82. The summed E-state index contributed by atoms with van der Waals surface area (Å²) in [5.41, 5.74) is 1.17. The molecule has 0 radical (unpaired) electrons. The van der Waals surface area contributed by atoms with E-state index in [2.05, 4.69) is 34.3 Å². The summed E-state index contributed by atoms with van der Waals surface area (Å²) in [6.07, 6.45) is 1.86. The zero-order valence-corrected chi connectivity index (χ0v) is 8.61. The van der Waals surface area contributed by atoms with Crippen LogP contribution < -0.4 is 5.32 Å². The summed E-state index contributed by atoms with van der Waals surface area (Å²) in [6, 6.07) is 6.82. The molecule has 0 atom stereocenters. The van der Waals surface area contributed by atoms with Crippen LogP contribution in [0.15, 0.2) is 24.4 Å². The van der Waals surface area contributed by atoms with Crippen LogP contribution in [0.3, 0.4) is 0 Å². The van der Waals surface area contributed by atoms with Gasteiger partial charge in [0.1, 0.15) is 0 Å². The Morgan fingerprint density at radius 3 is 2.86 bits per heavy atom. The average Bonchev–Trinajstić information content (AvgIpc) is 2.15. The lowest BCUT2D eigenvalue weighted by Crippen LogP contribution is -2.56. The van der Waals surface area contributed by atoms with Crippen molar-refractivity contribution in [3.05, 3.63) is 30.1 Å². The lowest BCUT2D eigenvalue weighted by Gasteiger charge is -2.37. The summed E-state index contributed by atoms with van der Waals surface area (Å²) in [5, 5.41) is 3.30. The second-order valence-electron chi connectivity index (χ2n) is 3.70. The molecule has 0 amide bonds. The Balaban J connectivity index is 1.94. The first-order valence-corrected chi connectivity index (χ1v) is 5.25. The molecule has 0 aliphatic carbocycles. The lowest BCUT2D eigenvalue weighted by molar-refractivity contribution is 0.143. The highest BCUT2D eigenvalue weighted by Gasteiger charge is 2.23. The van der Waals surface area contributed by atoms with Gasteiger partial charge in [0, 0.05) is 31.9 Å². The summed E-state index contributed by atoms with van der Waals surface area (Å²) < 4.78 is 0. The third-order valence-corrected chi connectivity index (χ3v) is 2.77. The maximum Gasteiger partial charge on any atom is 0.0544 e. The van der Waals surface area contributed by atoms with Crippen molar-refractivity contribution in [3.8, 4) is 0 Å². The lowest BCUT2D eigenvalue weighted by atomic mass is 10.1. The predicted molar refractivity (Wildman–Crippen MR) is 57.0 cm³/mol. The van der Waals surface area contributed by atoms with Gasteiger partial charge >= 0.3 is 0 Å². The zero-order valence-electron chi connectivity index (χ0n) is 8.61. The molecule has 2 rings (SSSR count). The van der Waals surface area contributed by atoms with Gasteiger partial charge in [0.15, 0.2) is 0 Å². The quantitative estimate of drug-likeness (QED) is 0.765. The van der Waals surface area contributed by atoms with E-state index in [9.17, 15) is 0 Å². The van der Waals surface area contributed by atoms with Crippen LogP contribution in [0, 0.1) is 0 Å². The number of rotatable bonds is 4. The largest absolute Gasteiger partial charge is 0.314 e. The predicted octanol–water partition coefficient (Wildman–Crippen LogP) is 0.875. The van der Waals surface area contributed by atoms with Crippen LogP contribution in [0.4, 0.5) is 0 Å². The Morgan fingerprint density at radius 1 is 1.50 bits per heavy atom. The summed E-state index contributed by atoms with van der Waals surface area (Å²) in [6.45, 7) is 6.54. The zero-order chi connectivity index (χ0) is 9.80. The van der Waals surface area contributed by atoms with Gasteiger partial charge in [-0.2, -0.15) is 0 Å².